The highest BCUT2D eigenvalue weighted by Gasteiger charge is 2.29. The minimum atomic E-state index is -0.751. The summed E-state index contributed by atoms with van der Waals surface area (Å²) in [6, 6.07) is 3.48. The lowest BCUT2D eigenvalue weighted by Crippen LogP contribution is -2.21. The van der Waals surface area contributed by atoms with Crippen molar-refractivity contribution in [2.24, 2.45) is 5.92 Å². The van der Waals surface area contributed by atoms with Crippen LogP contribution in [0.3, 0.4) is 0 Å². The highest BCUT2D eigenvalue weighted by molar-refractivity contribution is 7.19. The third kappa shape index (κ3) is 3.68. The quantitative estimate of drug-likeness (QED) is 0.346. The number of ether oxygens (including phenoxy) is 1. The SMILES string of the molecule is CC(C)Oc1cc(N)c(C=N)cc1Nc1ncnc2sc3c(c12)CCC(C(=O)O)C3. The molecule has 9 heteroatoms. The van der Waals surface area contributed by atoms with Crippen molar-refractivity contribution < 1.29 is 14.6 Å². The van der Waals surface area contributed by atoms with Crippen molar-refractivity contribution in [2.45, 2.75) is 39.2 Å². The van der Waals surface area contributed by atoms with E-state index in [2.05, 4.69) is 15.3 Å². The van der Waals surface area contributed by atoms with Crippen molar-refractivity contribution in [3.05, 3.63) is 34.5 Å². The zero-order valence-corrected chi connectivity index (χ0v) is 17.5. The normalized spacial score (nSPS) is 15.8. The van der Waals surface area contributed by atoms with E-state index < -0.39 is 5.97 Å². The van der Waals surface area contributed by atoms with E-state index in [4.69, 9.17) is 15.9 Å². The number of aliphatic carboxylic acids is 1. The molecule has 8 nitrogen and oxygen atoms in total. The van der Waals surface area contributed by atoms with Gasteiger partial charge in [-0.1, -0.05) is 0 Å². The molecule has 30 heavy (non-hydrogen) atoms. The van der Waals surface area contributed by atoms with Crippen LogP contribution in [-0.4, -0.2) is 33.4 Å². The second kappa shape index (κ2) is 7.91. The number of aromatic nitrogens is 2. The Labute approximate surface area is 177 Å². The summed E-state index contributed by atoms with van der Waals surface area (Å²) in [6.45, 7) is 3.86. The van der Waals surface area contributed by atoms with Crippen molar-refractivity contribution in [3.8, 4) is 5.75 Å². The Morgan fingerprint density at radius 1 is 1.43 bits per heavy atom. The van der Waals surface area contributed by atoms with Gasteiger partial charge < -0.3 is 26.3 Å². The number of nitrogens with two attached hydrogens (primary N) is 1. The van der Waals surface area contributed by atoms with Crippen molar-refractivity contribution >= 4 is 50.9 Å². The Kier molecular flexibility index (Phi) is 5.29. The topological polar surface area (TPSA) is 134 Å². The predicted molar refractivity (Wildman–Crippen MR) is 118 cm³/mol. The highest BCUT2D eigenvalue weighted by atomic mass is 32.1. The van der Waals surface area contributed by atoms with Crippen LogP contribution in [0.2, 0.25) is 0 Å². The largest absolute Gasteiger partial charge is 0.489 e. The zero-order chi connectivity index (χ0) is 21.4. The van der Waals surface area contributed by atoms with Crippen molar-refractivity contribution in [2.75, 3.05) is 11.1 Å². The average molecular weight is 426 g/mol. The maximum atomic E-state index is 11.4. The van der Waals surface area contributed by atoms with Gasteiger partial charge in [-0.3, -0.25) is 4.79 Å². The number of nitrogens with one attached hydrogen (secondary N) is 2. The Balaban J connectivity index is 1.78. The van der Waals surface area contributed by atoms with Gasteiger partial charge in [-0.2, -0.15) is 0 Å². The number of anilines is 3. The molecule has 5 N–H and O–H groups in total. The molecule has 1 atom stereocenters. The minimum Gasteiger partial charge on any atom is -0.489 e. The summed E-state index contributed by atoms with van der Waals surface area (Å²) in [5.74, 6) is 0.114. The van der Waals surface area contributed by atoms with Crippen molar-refractivity contribution in [1.29, 1.82) is 5.41 Å². The van der Waals surface area contributed by atoms with Crippen molar-refractivity contribution in [1.82, 2.24) is 9.97 Å². The molecule has 1 aliphatic carbocycles. The van der Waals surface area contributed by atoms with Crippen LogP contribution in [0.5, 0.6) is 5.75 Å². The molecule has 0 amide bonds. The molecule has 2 heterocycles. The van der Waals surface area contributed by atoms with E-state index in [0.29, 0.717) is 47.8 Å². The van der Waals surface area contributed by atoms with Gasteiger partial charge in [-0.25, -0.2) is 9.97 Å². The van der Waals surface area contributed by atoms with E-state index >= 15 is 0 Å². The average Bonchev–Trinajstić information content (AvgIpc) is 3.08. The van der Waals surface area contributed by atoms with Gasteiger partial charge in [-0.05, 0) is 44.7 Å². The second-order valence-corrected chi connectivity index (χ2v) is 8.68. The molecule has 4 rings (SSSR count). The number of nitrogen functional groups attached to an aromatic ring is 1. The molecular formula is C21H23N5O3S. The molecule has 0 radical (unpaired) electrons. The van der Waals surface area contributed by atoms with E-state index in [1.807, 2.05) is 13.8 Å². The van der Waals surface area contributed by atoms with Crippen LogP contribution in [0, 0.1) is 11.3 Å². The molecule has 0 saturated carbocycles. The summed E-state index contributed by atoms with van der Waals surface area (Å²) in [7, 11) is 0. The van der Waals surface area contributed by atoms with Crippen molar-refractivity contribution in [3.63, 3.8) is 0 Å². The van der Waals surface area contributed by atoms with Gasteiger partial charge in [-0.15, -0.1) is 11.3 Å². The molecule has 0 saturated heterocycles. The van der Waals surface area contributed by atoms with E-state index in [9.17, 15) is 9.90 Å². The number of aryl methyl sites for hydroxylation is 1. The van der Waals surface area contributed by atoms with E-state index in [1.165, 1.54) is 23.9 Å². The second-order valence-electron chi connectivity index (χ2n) is 7.60. The highest BCUT2D eigenvalue weighted by Crippen LogP contribution is 2.41. The smallest absolute Gasteiger partial charge is 0.306 e. The number of thiophene rings is 1. The number of fused-ring (bicyclic) bond motifs is 3. The van der Waals surface area contributed by atoms with E-state index in [1.54, 1.807) is 12.1 Å². The molecule has 156 valence electrons. The first-order chi connectivity index (χ1) is 14.4. The van der Waals surface area contributed by atoms with Gasteiger partial charge in [0.1, 0.15) is 22.7 Å². The number of rotatable bonds is 6. The van der Waals surface area contributed by atoms with Gasteiger partial charge in [0, 0.05) is 28.4 Å². The maximum absolute atomic E-state index is 11.4. The first kappa shape index (κ1) is 20.1. The zero-order valence-electron chi connectivity index (χ0n) is 16.7. The fourth-order valence-corrected chi connectivity index (χ4v) is 5.00. The molecule has 1 aromatic carbocycles. The number of carboxylic acids is 1. The summed E-state index contributed by atoms with van der Waals surface area (Å²) in [5, 5.41) is 21.3. The van der Waals surface area contributed by atoms with Gasteiger partial charge in [0.05, 0.1) is 23.1 Å². The fourth-order valence-electron chi connectivity index (χ4n) is 3.73. The summed E-state index contributed by atoms with van der Waals surface area (Å²) in [4.78, 5) is 22.2. The number of carboxylic acid groups (broad SMARTS) is 1. The Morgan fingerprint density at radius 2 is 2.23 bits per heavy atom. The van der Waals surface area contributed by atoms with E-state index in [0.717, 1.165) is 20.7 Å². The molecule has 0 aliphatic heterocycles. The first-order valence-electron chi connectivity index (χ1n) is 9.73. The van der Waals surface area contributed by atoms with Crippen LogP contribution in [0.4, 0.5) is 17.2 Å². The Bertz CT molecular complexity index is 1140. The van der Waals surface area contributed by atoms with Crippen LogP contribution < -0.4 is 15.8 Å². The molecule has 3 aromatic rings. The summed E-state index contributed by atoms with van der Waals surface area (Å²) in [6.07, 6.45) is 4.45. The molecular weight excluding hydrogens is 402 g/mol. The fraction of sp³-hybridized carbons (Fsp3) is 0.333. The van der Waals surface area contributed by atoms with Gasteiger partial charge in [0.25, 0.3) is 0 Å². The van der Waals surface area contributed by atoms with Gasteiger partial charge in [0.2, 0.25) is 0 Å². The molecule has 0 bridgehead atoms. The van der Waals surface area contributed by atoms with Crippen LogP contribution in [0.15, 0.2) is 18.5 Å². The van der Waals surface area contributed by atoms with Crippen LogP contribution in [0.1, 0.15) is 36.3 Å². The number of carbonyl (C=O) groups is 1. The third-order valence-corrected chi connectivity index (χ3v) is 6.31. The number of nitrogens with zero attached hydrogens (tertiary/aromatic N) is 2. The summed E-state index contributed by atoms with van der Waals surface area (Å²) in [5.41, 5.74) is 8.86. The van der Waals surface area contributed by atoms with Crippen LogP contribution in [0.25, 0.3) is 10.2 Å². The van der Waals surface area contributed by atoms with E-state index in [-0.39, 0.29) is 12.0 Å². The monoisotopic (exact) mass is 425 g/mol. The Hall–Kier alpha value is -3.20. The standard InChI is InChI=1S/C21H23N5O3S/c1-10(2)29-16-7-14(23)12(8-22)5-15(16)26-19-18-13-4-3-11(21(27)28)6-17(13)30-20(18)25-9-24-19/h5,7-11,22H,3-4,6,23H2,1-2H3,(H,27,28)(H,24,25,26). The predicted octanol–water partition coefficient (Wildman–Crippen LogP) is 3.99. The lowest BCUT2D eigenvalue weighted by Gasteiger charge is -2.19. The molecule has 1 aliphatic rings. The van der Waals surface area contributed by atoms with Gasteiger partial charge >= 0.3 is 5.97 Å². The van der Waals surface area contributed by atoms with Crippen LogP contribution in [-0.2, 0) is 17.6 Å². The molecule has 1 unspecified atom stereocenters. The maximum Gasteiger partial charge on any atom is 0.306 e. The molecule has 0 spiro atoms. The summed E-state index contributed by atoms with van der Waals surface area (Å²) < 4.78 is 5.92. The number of benzene rings is 1. The Morgan fingerprint density at radius 3 is 2.93 bits per heavy atom. The van der Waals surface area contributed by atoms with Gasteiger partial charge in [0.15, 0.2) is 0 Å². The lowest BCUT2D eigenvalue weighted by atomic mass is 9.88. The minimum absolute atomic E-state index is 0.0527. The van der Waals surface area contributed by atoms with Crippen LogP contribution >= 0.6 is 11.3 Å². The number of hydrogen-bond acceptors (Lipinski definition) is 8. The first-order valence-corrected chi connectivity index (χ1v) is 10.5. The molecule has 2 aromatic heterocycles. The lowest BCUT2D eigenvalue weighted by molar-refractivity contribution is -0.142. The number of hydrogen-bond donors (Lipinski definition) is 4. The third-order valence-electron chi connectivity index (χ3n) is 5.15. The molecule has 0 fully saturated rings. The summed E-state index contributed by atoms with van der Waals surface area (Å²) >= 11 is 1.53.